The van der Waals surface area contributed by atoms with E-state index in [1.807, 2.05) is 6.07 Å². The summed E-state index contributed by atoms with van der Waals surface area (Å²) in [5.74, 6) is 2.39. The normalized spacial score (nSPS) is 24.6. The van der Waals surface area contributed by atoms with Crippen molar-refractivity contribution >= 4 is 23.5 Å². The Bertz CT molecular complexity index is 345. The second kappa shape index (κ2) is 5.39. The molecule has 1 aromatic heterocycles. The molecule has 88 valence electrons. The number of nitrogens with zero attached hydrogens (tertiary/aromatic N) is 2. The summed E-state index contributed by atoms with van der Waals surface area (Å²) < 4.78 is 0. The van der Waals surface area contributed by atoms with Crippen LogP contribution in [0.4, 0.5) is 11.8 Å². The maximum absolute atomic E-state index is 5.54. The van der Waals surface area contributed by atoms with E-state index < -0.39 is 0 Å². The van der Waals surface area contributed by atoms with Crippen molar-refractivity contribution in [1.82, 2.24) is 9.97 Å². The lowest BCUT2D eigenvalue weighted by Crippen LogP contribution is -2.17. The summed E-state index contributed by atoms with van der Waals surface area (Å²) in [5, 5.41) is 4.23. The number of hydrogen-bond donors (Lipinski definition) is 2. The van der Waals surface area contributed by atoms with Crippen LogP contribution < -0.4 is 11.1 Å². The molecular formula is C11H18N4S. The molecule has 1 fully saturated rings. The van der Waals surface area contributed by atoms with Crippen molar-refractivity contribution in [3.63, 3.8) is 0 Å². The minimum Gasteiger partial charge on any atom is -0.368 e. The quantitative estimate of drug-likeness (QED) is 0.841. The van der Waals surface area contributed by atoms with Crippen LogP contribution in [-0.2, 0) is 0 Å². The Labute approximate surface area is 100 Å². The van der Waals surface area contributed by atoms with Gasteiger partial charge in [-0.2, -0.15) is 16.7 Å². The van der Waals surface area contributed by atoms with Crippen molar-refractivity contribution in [3.8, 4) is 0 Å². The summed E-state index contributed by atoms with van der Waals surface area (Å²) in [4.78, 5) is 8.04. The highest BCUT2D eigenvalue weighted by molar-refractivity contribution is 7.99. The van der Waals surface area contributed by atoms with Gasteiger partial charge in [-0.05, 0) is 31.1 Å². The Kier molecular flexibility index (Phi) is 3.88. The first-order chi connectivity index (χ1) is 7.78. The molecule has 1 aliphatic rings. The van der Waals surface area contributed by atoms with Gasteiger partial charge in [0.1, 0.15) is 5.82 Å². The second-order valence-corrected chi connectivity index (χ2v) is 5.61. The van der Waals surface area contributed by atoms with E-state index in [1.54, 1.807) is 6.20 Å². The van der Waals surface area contributed by atoms with Gasteiger partial charge in [-0.15, -0.1) is 0 Å². The van der Waals surface area contributed by atoms with Gasteiger partial charge < -0.3 is 11.1 Å². The van der Waals surface area contributed by atoms with E-state index in [2.05, 4.69) is 34.0 Å². The molecule has 16 heavy (non-hydrogen) atoms. The number of nitrogens with one attached hydrogen (secondary N) is 1. The minimum absolute atomic E-state index is 0.336. The minimum atomic E-state index is 0.336. The van der Waals surface area contributed by atoms with Gasteiger partial charge in [0.25, 0.3) is 0 Å². The van der Waals surface area contributed by atoms with E-state index >= 15 is 0 Å². The molecule has 0 saturated heterocycles. The van der Waals surface area contributed by atoms with Crippen molar-refractivity contribution in [2.75, 3.05) is 16.8 Å². The number of rotatable bonds is 4. The Morgan fingerprint density at radius 2 is 2.44 bits per heavy atom. The zero-order chi connectivity index (χ0) is 11.4. The number of aromatic nitrogens is 2. The number of thioether (sulfide) groups is 1. The number of nitrogens with two attached hydrogens (primary N) is 1. The molecule has 0 amide bonds. The van der Waals surface area contributed by atoms with Gasteiger partial charge in [0.15, 0.2) is 0 Å². The fourth-order valence-corrected chi connectivity index (χ4v) is 3.26. The first-order valence-corrected chi connectivity index (χ1v) is 6.79. The average molecular weight is 238 g/mol. The molecule has 0 bridgehead atoms. The highest BCUT2D eigenvalue weighted by Crippen LogP contribution is 2.31. The third-order valence-electron chi connectivity index (χ3n) is 2.81. The molecule has 1 aromatic rings. The Hall–Kier alpha value is -0.970. The van der Waals surface area contributed by atoms with Gasteiger partial charge >= 0.3 is 0 Å². The van der Waals surface area contributed by atoms with Crippen molar-refractivity contribution in [2.45, 2.75) is 37.5 Å². The topological polar surface area (TPSA) is 63.8 Å². The fraction of sp³-hybridized carbons (Fsp3) is 0.636. The molecule has 1 saturated carbocycles. The third kappa shape index (κ3) is 3.01. The predicted molar refractivity (Wildman–Crippen MR) is 69.6 cm³/mol. The number of anilines is 2. The summed E-state index contributed by atoms with van der Waals surface area (Å²) in [6.07, 6.45) is 5.44. The standard InChI is InChI=1S/C11H18N4S/c1-2-16-9-4-3-8(7-9)14-10-5-6-13-11(12)15-10/h5-6,8-9H,2-4,7H2,1H3,(H3,12,13,14,15). The molecule has 5 heteroatoms. The predicted octanol–water partition coefficient (Wildman–Crippen LogP) is 2.14. The van der Waals surface area contributed by atoms with Gasteiger partial charge in [0.05, 0.1) is 0 Å². The maximum atomic E-state index is 5.54. The molecule has 0 spiro atoms. The van der Waals surface area contributed by atoms with Crippen LogP contribution in [-0.4, -0.2) is 27.0 Å². The molecule has 1 heterocycles. The van der Waals surface area contributed by atoms with E-state index in [9.17, 15) is 0 Å². The first kappa shape index (κ1) is 11.5. The molecule has 0 aliphatic heterocycles. The fourth-order valence-electron chi connectivity index (χ4n) is 2.12. The van der Waals surface area contributed by atoms with Crippen LogP contribution in [0.25, 0.3) is 0 Å². The Balaban J connectivity index is 1.87. The van der Waals surface area contributed by atoms with Crippen LogP contribution in [0.1, 0.15) is 26.2 Å². The van der Waals surface area contributed by atoms with E-state index in [4.69, 9.17) is 5.73 Å². The summed E-state index contributed by atoms with van der Waals surface area (Å²) in [7, 11) is 0. The van der Waals surface area contributed by atoms with Crippen LogP contribution >= 0.6 is 11.8 Å². The van der Waals surface area contributed by atoms with Crippen LogP contribution in [0.5, 0.6) is 0 Å². The molecule has 2 unspecified atom stereocenters. The number of nitrogen functional groups attached to an aromatic ring is 1. The zero-order valence-electron chi connectivity index (χ0n) is 9.52. The molecule has 2 rings (SSSR count). The molecular weight excluding hydrogens is 220 g/mol. The van der Waals surface area contributed by atoms with E-state index in [1.165, 1.54) is 25.0 Å². The molecule has 4 nitrogen and oxygen atoms in total. The lowest BCUT2D eigenvalue weighted by molar-refractivity contribution is 0.751. The third-order valence-corrected chi connectivity index (χ3v) is 4.05. The van der Waals surface area contributed by atoms with Crippen LogP contribution in [0.15, 0.2) is 12.3 Å². The van der Waals surface area contributed by atoms with Crippen molar-refractivity contribution in [2.24, 2.45) is 0 Å². The highest BCUT2D eigenvalue weighted by atomic mass is 32.2. The summed E-state index contributed by atoms with van der Waals surface area (Å²) in [6.45, 7) is 2.22. The molecule has 2 atom stereocenters. The summed E-state index contributed by atoms with van der Waals surface area (Å²) >= 11 is 2.06. The van der Waals surface area contributed by atoms with Crippen LogP contribution in [0, 0.1) is 0 Å². The van der Waals surface area contributed by atoms with Crippen molar-refractivity contribution in [3.05, 3.63) is 12.3 Å². The van der Waals surface area contributed by atoms with Gasteiger partial charge in [0.2, 0.25) is 5.95 Å². The zero-order valence-corrected chi connectivity index (χ0v) is 10.3. The second-order valence-electron chi connectivity index (χ2n) is 4.03. The van der Waals surface area contributed by atoms with E-state index in [0.717, 1.165) is 11.1 Å². The van der Waals surface area contributed by atoms with E-state index in [-0.39, 0.29) is 0 Å². The Morgan fingerprint density at radius 3 is 3.19 bits per heavy atom. The number of hydrogen-bond acceptors (Lipinski definition) is 5. The molecule has 1 aliphatic carbocycles. The largest absolute Gasteiger partial charge is 0.368 e. The maximum Gasteiger partial charge on any atom is 0.221 e. The first-order valence-electron chi connectivity index (χ1n) is 5.74. The van der Waals surface area contributed by atoms with Crippen molar-refractivity contribution in [1.29, 1.82) is 0 Å². The Morgan fingerprint density at radius 1 is 1.56 bits per heavy atom. The van der Waals surface area contributed by atoms with Crippen molar-refractivity contribution < 1.29 is 0 Å². The van der Waals surface area contributed by atoms with Gasteiger partial charge in [-0.1, -0.05) is 6.92 Å². The lowest BCUT2D eigenvalue weighted by Gasteiger charge is -2.13. The van der Waals surface area contributed by atoms with Crippen LogP contribution in [0.3, 0.4) is 0 Å². The molecule has 0 aromatic carbocycles. The molecule has 0 radical (unpaired) electrons. The SMILES string of the molecule is CCSC1CCC(Nc2ccnc(N)n2)C1. The van der Waals surface area contributed by atoms with Gasteiger partial charge in [0, 0.05) is 17.5 Å². The van der Waals surface area contributed by atoms with Gasteiger partial charge in [-0.3, -0.25) is 0 Å². The summed E-state index contributed by atoms with van der Waals surface area (Å²) in [5.41, 5.74) is 5.54. The monoisotopic (exact) mass is 238 g/mol. The highest BCUT2D eigenvalue weighted by Gasteiger charge is 2.24. The van der Waals surface area contributed by atoms with E-state index in [0.29, 0.717) is 12.0 Å². The molecule has 3 N–H and O–H groups in total. The average Bonchev–Trinajstić information content (AvgIpc) is 2.66. The van der Waals surface area contributed by atoms with Gasteiger partial charge in [-0.25, -0.2) is 4.98 Å². The van der Waals surface area contributed by atoms with Crippen LogP contribution in [0.2, 0.25) is 0 Å². The summed E-state index contributed by atoms with van der Waals surface area (Å²) in [6, 6.07) is 2.41. The lowest BCUT2D eigenvalue weighted by atomic mass is 10.2. The smallest absolute Gasteiger partial charge is 0.221 e.